The van der Waals surface area contributed by atoms with E-state index in [2.05, 4.69) is 10.3 Å². The Balaban J connectivity index is 2.22. The standard InChI is InChI=1S/C12H7ClF2N2O/c13-10-2-1-3-11(16-10)17-12(18)8-5-4-7(14)6-9(8)15/h1-6H,(H,16,17,18). The minimum absolute atomic E-state index is 0.191. The van der Waals surface area contributed by atoms with Gasteiger partial charge < -0.3 is 5.32 Å². The Morgan fingerprint density at radius 3 is 2.67 bits per heavy atom. The average molecular weight is 269 g/mol. The first-order chi connectivity index (χ1) is 8.56. The number of carbonyl (C=O) groups is 1. The van der Waals surface area contributed by atoms with E-state index in [9.17, 15) is 13.6 Å². The number of hydrogen-bond donors (Lipinski definition) is 1. The largest absolute Gasteiger partial charge is 0.306 e. The first-order valence-electron chi connectivity index (χ1n) is 4.95. The summed E-state index contributed by atoms with van der Waals surface area (Å²) in [5.41, 5.74) is -0.266. The molecule has 1 aromatic carbocycles. The zero-order valence-corrected chi connectivity index (χ0v) is 9.71. The molecule has 0 saturated carbocycles. The molecule has 3 nitrogen and oxygen atoms in total. The number of nitrogens with one attached hydrogen (secondary N) is 1. The number of halogens is 3. The molecule has 0 unspecified atom stereocenters. The number of nitrogens with zero attached hydrogens (tertiary/aromatic N) is 1. The van der Waals surface area contributed by atoms with Gasteiger partial charge in [-0.1, -0.05) is 17.7 Å². The first kappa shape index (κ1) is 12.4. The van der Waals surface area contributed by atoms with E-state index in [-0.39, 0.29) is 16.5 Å². The van der Waals surface area contributed by atoms with Gasteiger partial charge in [0.25, 0.3) is 5.91 Å². The van der Waals surface area contributed by atoms with E-state index in [1.165, 1.54) is 12.1 Å². The third-order valence-electron chi connectivity index (χ3n) is 2.13. The fourth-order valence-electron chi connectivity index (χ4n) is 1.34. The molecule has 0 saturated heterocycles. The smallest absolute Gasteiger partial charge is 0.259 e. The summed E-state index contributed by atoms with van der Waals surface area (Å²) in [6, 6.07) is 7.33. The molecule has 0 radical (unpaired) electrons. The van der Waals surface area contributed by atoms with Crippen molar-refractivity contribution in [3.05, 3.63) is 58.7 Å². The van der Waals surface area contributed by atoms with Crippen molar-refractivity contribution in [2.24, 2.45) is 0 Å². The van der Waals surface area contributed by atoms with Gasteiger partial charge in [-0.3, -0.25) is 4.79 Å². The molecular formula is C12H7ClF2N2O. The van der Waals surface area contributed by atoms with Crippen LogP contribution in [0, 0.1) is 11.6 Å². The Bertz CT molecular complexity index is 604. The molecule has 0 fully saturated rings. The Morgan fingerprint density at radius 1 is 1.22 bits per heavy atom. The van der Waals surface area contributed by atoms with Gasteiger partial charge in [-0.15, -0.1) is 0 Å². The molecule has 1 amide bonds. The van der Waals surface area contributed by atoms with Crippen molar-refractivity contribution in [2.45, 2.75) is 0 Å². The lowest BCUT2D eigenvalue weighted by Crippen LogP contribution is -2.14. The second-order valence-electron chi connectivity index (χ2n) is 3.42. The molecule has 0 aliphatic heterocycles. The molecule has 18 heavy (non-hydrogen) atoms. The van der Waals surface area contributed by atoms with Crippen LogP contribution >= 0.6 is 11.6 Å². The maximum absolute atomic E-state index is 13.3. The summed E-state index contributed by atoms with van der Waals surface area (Å²) in [6.45, 7) is 0. The van der Waals surface area contributed by atoms with Crippen LogP contribution in [0.15, 0.2) is 36.4 Å². The van der Waals surface area contributed by atoms with Crippen molar-refractivity contribution in [3.8, 4) is 0 Å². The van der Waals surface area contributed by atoms with E-state index in [0.717, 1.165) is 12.1 Å². The number of benzene rings is 1. The molecule has 92 valence electrons. The molecular weight excluding hydrogens is 262 g/mol. The van der Waals surface area contributed by atoms with Crippen LogP contribution < -0.4 is 5.32 Å². The maximum atomic E-state index is 13.3. The lowest BCUT2D eigenvalue weighted by Gasteiger charge is -2.05. The van der Waals surface area contributed by atoms with E-state index in [1.807, 2.05) is 0 Å². The molecule has 0 aliphatic carbocycles. The third kappa shape index (κ3) is 2.81. The zero-order chi connectivity index (χ0) is 13.1. The number of aromatic nitrogens is 1. The summed E-state index contributed by atoms with van der Waals surface area (Å²) in [6.07, 6.45) is 0. The van der Waals surface area contributed by atoms with Gasteiger partial charge in [-0.25, -0.2) is 13.8 Å². The summed E-state index contributed by atoms with van der Waals surface area (Å²) in [5, 5.41) is 2.56. The second kappa shape index (κ2) is 5.10. The molecule has 1 heterocycles. The topological polar surface area (TPSA) is 42.0 Å². The molecule has 2 rings (SSSR count). The number of rotatable bonds is 2. The molecule has 1 aromatic heterocycles. The van der Waals surface area contributed by atoms with Crippen LogP contribution in [0.5, 0.6) is 0 Å². The second-order valence-corrected chi connectivity index (χ2v) is 3.81. The number of amides is 1. The fourth-order valence-corrected chi connectivity index (χ4v) is 1.50. The summed E-state index contributed by atoms with van der Waals surface area (Å²) in [5.74, 6) is -2.21. The summed E-state index contributed by atoms with van der Waals surface area (Å²) < 4.78 is 26.0. The third-order valence-corrected chi connectivity index (χ3v) is 2.34. The lowest BCUT2D eigenvalue weighted by molar-refractivity contribution is 0.102. The van der Waals surface area contributed by atoms with Crippen molar-refractivity contribution in [3.63, 3.8) is 0 Å². The molecule has 0 aliphatic rings. The van der Waals surface area contributed by atoms with Crippen molar-refractivity contribution in [1.29, 1.82) is 0 Å². The summed E-state index contributed by atoms with van der Waals surface area (Å²) in [7, 11) is 0. The minimum Gasteiger partial charge on any atom is -0.306 e. The average Bonchev–Trinajstić information content (AvgIpc) is 2.28. The number of anilines is 1. The van der Waals surface area contributed by atoms with Gasteiger partial charge in [0.1, 0.15) is 22.6 Å². The normalized spacial score (nSPS) is 10.2. The number of carbonyl (C=O) groups excluding carboxylic acids is 1. The molecule has 0 bridgehead atoms. The Hall–Kier alpha value is -2.01. The van der Waals surface area contributed by atoms with E-state index in [1.54, 1.807) is 6.07 Å². The van der Waals surface area contributed by atoms with Crippen LogP contribution in [0.4, 0.5) is 14.6 Å². The van der Waals surface area contributed by atoms with E-state index in [4.69, 9.17) is 11.6 Å². The van der Waals surface area contributed by atoms with E-state index < -0.39 is 17.5 Å². The molecule has 0 spiro atoms. The highest BCUT2D eigenvalue weighted by Crippen LogP contribution is 2.13. The van der Waals surface area contributed by atoms with Gasteiger partial charge in [-0.2, -0.15) is 0 Å². The van der Waals surface area contributed by atoms with Crippen LogP contribution in [0.2, 0.25) is 5.15 Å². The van der Waals surface area contributed by atoms with Crippen LogP contribution in [-0.4, -0.2) is 10.9 Å². The first-order valence-corrected chi connectivity index (χ1v) is 5.33. The Kier molecular flexibility index (Phi) is 3.53. The van der Waals surface area contributed by atoms with E-state index >= 15 is 0 Å². The van der Waals surface area contributed by atoms with Crippen molar-refractivity contribution >= 4 is 23.3 Å². The van der Waals surface area contributed by atoms with E-state index in [0.29, 0.717) is 6.07 Å². The summed E-state index contributed by atoms with van der Waals surface area (Å²) in [4.78, 5) is 15.5. The number of hydrogen-bond acceptors (Lipinski definition) is 2. The molecule has 1 N–H and O–H groups in total. The predicted molar refractivity (Wildman–Crippen MR) is 63.6 cm³/mol. The van der Waals surface area contributed by atoms with Crippen LogP contribution in [0.3, 0.4) is 0 Å². The van der Waals surface area contributed by atoms with Gasteiger partial charge in [0.15, 0.2) is 0 Å². The van der Waals surface area contributed by atoms with Crippen LogP contribution in [0.1, 0.15) is 10.4 Å². The lowest BCUT2D eigenvalue weighted by atomic mass is 10.2. The predicted octanol–water partition coefficient (Wildman–Crippen LogP) is 3.27. The SMILES string of the molecule is O=C(Nc1cccc(Cl)n1)c1ccc(F)cc1F. The van der Waals surface area contributed by atoms with Crippen LogP contribution in [-0.2, 0) is 0 Å². The minimum atomic E-state index is -0.936. The maximum Gasteiger partial charge on any atom is 0.259 e. The highest BCUT2D eigenvalue weighted by Gasteiger charge is 2.13. The van der Waals surface area contributed by atoms with Gasteiger partial charge >= 0.3 is 0 Å². The van der Waals surface area contributed by atoms with Gasteiger partial charge in [0.2, 0.25) is 0 Å². The number of pyridine rings is 1. The highest BCUT2D eigenvalue weighted by atomic mass is 35.5. The van der Waals surface area contributed by atoms with Crippen molar-refractivity contribution < 1.29 is 13.6 Å². The zero-order valence-electron chi connectivity index (χ0n) is 8.95. The van der Waals surface area contributed by atoms with Crippen molar-refractivity contribution in [2.75, 3.05) is 5.32 Å². The Labute approximate surface area is 106 Å². The van der Waals surface area contributed by atoms with Gasteiger partial charge in [0, 0.05) is 6.07 Å². The van der Waals surface area contributed by atoms with Gasteiger partial charge in [-0.05, 0) is 24.3 Å². The quantitative estimate of drug-likeness (QED) is 0.850. The van der Waals surface area contributed by atoms with Crippen LogP contribution in [0.25, 0.3) is 0 Å². The van der Waals surface area contributed by atoms with Gasteiger partial charge in [0.05, 0.1) is 5.56 Å². The molecule has 2 aromatic rings. The monoisotopic (exact) mass is 268 g/mol. The Morgan fingerprint density at radius 2 is 2.00 bits per heavy atom. The summed E-state index contributed by atoms with van der Waals surface area (Å²) >= 11 is 5.64. The highest BCUT2D eigenvalue weighted by molar-refractivity contribution is 6.29. The molecule has 6 heteroatoms. The molecule has 0 atom stereocenters. The van der Waals surface area contributed by atoms with Crippen molar-refractivity contribution in [1.82, 2.24) is 4.98 Å². The fraction of sp³-hybridized carbons (Fsp3) is 0.